The van der Waals surface area contributed by atoms with Crippen molar-refractivity contribution in [2.24, 2.45) is 0 Å². The molecule has 3 heteroatoms. The third-order valence-electron chi connectivity index (χ3n) is 4.09. The van der Waals surface area contributed by atoms with Crippen LogP contribution in [0, 0.1) is 0 Å². The minimum atomic E-state index is 0.296. The summed E-state index contributed by atoms with van der Waals surface area (Å²) in [6.07, 6.45) is 13.0. The fourth-order valence-electron chi connectivity index (χ4n) is 2.72. The van der Waals surface area contributed by atoms with E-state index in [0.29, 0.717) is 12.2 Å². The summed E-state index contributed by atoms with van der Waals surface area (Å²) in [5.74, 6) is 0. The van der Waals surface area contributed by atoms with Crippen LogP contribution in [0.3, 0.4) is 0 Å². The molecule has 0 aromatic heterocycles. The third-order valence-corrected chi connectivity index (χ3v) is 4.09. The van der Waals surface area contributed by atoms with E-state index >= 15 is 0 Å². The van der Waals surface area contributed by atoms with Crippen LogP contribution >= 0.6 is 0 Å². The second-order valence-electron chi connectivity index (χ2n) is 6.23. The zero-order valence-corrected chi connectivity index (χ0v) is 14.3. The summed E-state index contributed by atoms with van der Waals surface area (Å²) in [6.45, 7) is 7.77. The standard InChI is InChI=1S/C18H36O3/c1-3-5-7-9-13-19-15-17-11-12-18(21-17)16-20-14-10-8-6-4-2/h17-18H,3-16H2,1-2H3. The van der Waals surface area contributed by atoms with Gasteiger partial charge in [0, 0.05) is 13.2 Å². The van der Waals surface area contributed by atoms with Crippen molar-refractivity contribution in [1.29, 1.82) is 0 Å². The summed E-state index contributed by atoms with van der Waals surface area (Å²) >= 11 is 0. The van der Waals surface area contributed by atoms with Crippen LogP contribution in [0.15, 0.2) is 0 Å². The van der Waals surface area contributed by atoms with E-state index < -0.39 is 0 Å². The molecule has 2 unspecified atom stereocenters. The summed E-state index contributed by atoms with van der Waals surface area (Å²) in [7, 11) is 0. The van der Waals surface area contributed by atoms with E-state index in [1.165, 1.54) is 51.4 Å². The van der Waals surface area contributed by atoms with Crippen LogP contribution in [0.25, 0.3) is 0 Å². The molecule has 1 heterocycles. The molecule has 1 aliphatic rings. The summed E-state index contributed by atoms with van der Waals surface area (Å²) in [4.78, 5) is 0. The minimum absolute atomic E-state index is 0.296. The van der Waals surface area contributed by atoms with Gasteiger partial charge >= 0.3 is 0 Å². The Morgan fingerprint density at radius 2 is 1.19 bits per heavy atom. The highest BCUT2D eigenvalue weighted by molar-refractivity contribution is 4.73. The highest BCUT2D eigenvalue weighted by atomic mass is 16.6. The molecule has 1 aliphatic heterocycles. The van der Waals surface area contributed by atoms with Crippen LogP contribution in [0.2, 0.25) is 0 Å². The van der Waals surface area contributed by atoms with Gasteiger partial charge in [0.05, 0.1) is 25.4 Å². The summed E-state index contributed by atoms with van der Waals surface area (Å²) in [6, 6.07) is 0. The molecule has 21 heavy (non-hydrogen) atoms. The second kappa shape index (κ2) is 13.5. The molecular formula is C18H36O3. The van der Waals surface area contributed by atoms with Crippen LogP contribution in [-0.2, 0) is 14.2 Å². The SMILES string of the molecule is CCCCCCOCC1CCC(COCCCCCC)O1. The molecule has 0 saturated carbocycles. The Balaban J connectivity index is 1.88. The summed E-state index contributed by atoms with van der Waals surface area (Å²) in [5.41, 5.74) is 0. The van der Waals surface area contributed by atoms with E-state index in [0.717, 1.165) is 39.3 Å². The van der Waals surface area contributed by atoms with Crippen LogP contribution in [0.4, 0.5) is 0 Å². The molecule has 1 saturated heterocycles. The predicted octanol–water partition coefficient (Wildman–Crippen LogP) is 4.73. The first-order valence-corrected chi connectivity index (χ1v) is 9.17. The lowest BCUT2D eigenvalue weighted by Crippen LogP contribution is -2.20. The Hall–Kier alpha value is -0.120. The normalized spacial score (nSPS) is 22.0. The van der Waals surface area contributed by atoms with Crippen LogP contribution < -0.4 is 0 Å². The van der Waals surface area contributed by atoms with Crippen molar-refractivity contribution in [3.63, 3.8) is 0 Å². The van der Waals surface area contributed by atoms with Crippen molar-refractivity contribution < 1.29 is 14.2 Å². The zero-order valence-electron chi connectivity index (χ0n) is 14.3. The number of hydrogen-bond acceptors (Lipinski definition) is 3. The highest BCUT2D eigenvalue weighted by Crippen LogP contribution is 2.20. The van der Waals surface area contributed by atoms with Gasteiger partial charge in [-0.1, -0.05) is 52.4 Å². The van der Waals surface area contributed by atoms with Crippen LogP contribution in [0.5, 0.6) is 0 Å². The van der Waals surface area contributed by atoms with Crippen molar-refractivity contribution in [2.45, 2.75) is 90.3 Å². The predicted molar refractivity (Wildman–Crippen MR) is 87.8 cm³/mol. The van der Waals surface area contributed by atoms with Gasteiger partial charge in [0.2, 0.25) is 0 Å². The first-order chi connectivity index (χ1) is 10.4. The molecule has 0 aliphatic carbocycles. The Bertz CT molecular complexity index is 199. The maximum atomic E-state index is 5.97. The average molecular weight is 300 g/mol. The van der Waals surface area contributed by atoms with Gasteiger partial charge in [-0.05, 0) is 25.7 Å². The van der Waals surface area contributed by atoms with E-state index in [1.54, 1.807) is 0 Å². The maximum absolute atomic E-state index is 5.97. The quantitative estimate of drug-likeness (QED) is 0.434. The van der Waals surface area contributed by atoms with Crippen molar-refractivity contribution in [2.75, 3.05) is 26.4 Å². The molecule has 0 N–H and O–H groups in total. The van der Waals surface area contributed by atoms with Gasteiger partial charge in [0.15, 0.2) is 0 Å². The van der Waals surface area contributed by atoms with Gasteiger partial charge in [0.25, 0.3) is 0 Å². The van der Waals surface area contributed by atoms with Gasteiger partial charge in [0.1, 0.15) is 0 Å². The average Bonchev–Trinajstić information content (AvgIpc) is 2.94. The van der Waals surface area contributed by atoms with Gasteiger partial charge in [-0.3, -0.25) is 0 Å². The first kappa shape index (κ1) is 18.9. The lowest BCUT2D eigenvalue weighted by Gasteiger charge is -2.14. The summed E-state index contributed by atoms with van der Waals surface area (Å²) in [5, 5.41) is 0. The van der Waals surface area contributed by atoms with E-state index in [4.69, 9.17) is 14.2 Å². The molecule has 0 radical (unpaired) electrons. The van der Waals surface area contributed by atoms with Crippen molar-refractivity contribution in [1.82, 2.24) is 0 Å². The zero-order chi connectivity index (χ0) is 15.2. The molecule has 0 spiro atoms. The lowest BCUT2D eigenvalue weighted by molar-refractivity contribution is -0.0460. The Morgan fingerprint density at radius 1 is 0.714 bits per heavy atom. The van der Waals surface area contributed by atoms with Gasteiger partial charge in [-0.2, -0.15) is 0 Å². The van der Waals surface area contributed by atoms with Crippen LogP contribution in [-0.4, -0.2) is 38.6 Å². The fraction of sp³-hybridized carbons (Fsp3) is 1.00. The van der Waals surface area contributed by atoms with Crippen molar-refractivity contribution in [3.8, 4) is 0 Å². The number of rotatable bonds is 14. The number of unbranched alkanes of at least 4 members (excludes halogenated alkanes) is 6. The molecule has 3 nitrogen and oxygen atoms in total. The number of hydrogen-bond donors (Lipinski definition) is 0. The summed E-state index contributed by atoms with van der Waals surface area (Å²) < 4.78 is 17.4. The smallest absolute Gasteiger partial charge is 0.0814 e. The fourth-order valence-corrected chi connectivity index (χ4v) is 2.72. The molecule has 126 valence electrons. The second-order valence-corrected chi connectivity index (χ2v) is 6.23. The topological polar surface area (TPSA) is 27.7 Å². The largest absolute Gasteiger partial charge is 0.379 e. The van der Waals surface area contributed by atoms with Crippen LogP contribution in [0.1, 0.15) is 78.1 Å². The highest BCUT2D eigenvalue weighted by Gasteiger charge is 2.25. The van der Waals surface area contributed by atoms with E-state index in [2.05, 4.69) is 13.8 Å². The molecule has 0 aromatic carbocycles. The van der Waals surface area contributed by atoms with Gasteiger partial charge < -0.3 is 14.2 Å². The van der Waals surface area contributed by atoms with E-state index in [-0.39, 0.29) is 0 Å². The van der Waals surface area contributed by atoms with Crippen molar-refractivity contribution in [3.05, 3.63) is 0 Å². The molecular weight excluding hydrogens is 264 g/mol. The molecule has 1 rings (SSSR count). The maximum Gasteiger partial charge on any atom is 0.0814 e. The van der Waals surface area contributed by atoms with Gasteiger partial charge in [-0.15, -0.1) is 0 Å². The Kier molecular flexibility index (Phi) is 12.2. The van der Waals surface area contributed by atoms with E-state index in [9.17, 15) is 0 Å². The minimum Gasteiger partial charge on any atom is -0.379 e. The van der Waals surface area contributed by atoms with Crippen molar-refractivity contribution >= 4 is 0 Å². The molecule has 1 fully saturated rings. The molecule has 0 bridgehead atoms. The molecule has 0 amide bonds. The first-order valence-electron chi connectivity index (χ1n) is 9.17. The van der Waals surface area contributed by atoms with Gasteiger partial charge in [-0.25, -0.2) is 0 Å². The number of ether oxygens (including phenoxy) is 3. The monoisotopic (exact) mass is 300 g/mol. The Morgan fingerprint density at radius 3 is 1.62 bits per heavy atom. The molecule has 2 atom stereocenters. The van der Waals surface area contributed by atoms with E-state index in [1.807, 2.05) is 0 Å². The molecule has 0 aromatic rings. The third kappa shape index (κ3) is 10.3. The lowest BCUT2D eigenvalue weighted by atomic mass is 10.2. The Labute approximate surface area is 131 Å².